The van der Waals surface area contributed by atoms with E-state index in [0.29, 0.717) is 5.69 Å². The Kier molecular flexibility index (Phi) is 3.78. The van der Waals surface area contributed by atoms with Crippen LogP contribution in [0.2, 0.25) is 0 Å². The summed E-state index contributed by atoms with van der Waals surface area (Å²) in [7, 11) is 0. The van der Waals surface area contributed by atoms with E-state index in [1.807, 2.05) is 48.5 Å². The number of nitrogens with one attached hydrogen (secondary N) is 2. The van der Waals surface area contributed by atoms with Gasteiger partial charge in [0, 0.05) is 33.4 Å². The molecule has 4 rings (SSSR count). The first-order chi connectivity index (χ1) is 12.2. The minimum atomic E-state index is -0.431. The van der Waals surface area contributed by atoms with Gasteiger partial charge in [-0.15, -0.1) is 0 Å². The lowest BCUT2D eigenvalue weighted by Crippen LogP contribution is -2.12. The zero-order chi connectivity index (χ0) is 17.2. The van der Waals surface area contributed by atoms with Crippen molar-refractivity contribution in [1.29, 1.82) is 0 Å². The minimum absolute atomic E-state index is 0.288. The zero-order valence-electron chi connectivity index (χ0n) is 13.3. The molecule has 1 aromatic heterocycles. The fraction of sp³-hybridized carbons (Fsp3) is 0. The molecule has 0 aliphatic rings. The molecular weight excluding hydrogens is 315 g/mol. The standard InChI is InChI=1S/C21H15FN2O/c22-17-8-3-7-16(11-17)21(25)23-18-9-4-6-14(12-18)20-13-15-5-1-2-10-19(15)24-20/h1-13,24H,(H,23,25). The molecule has 0 atom stereocenters. The summed E-state index contributed by atoms with van der Waals surface area (Å²) >= 11 is 0. The van der Waals surface area contributed by atoms with E-state index >= 15 is 0 Å². The highest BCUT2D eigenvalue weighted by molar-refractivity contribution is 6.04. The summed E-state index contributed by atoms with van der Waals surface area (Å²) in [4.78, 5) is 15.6. The van der Waals surface area contributed by atoms with E-state index in [1.165, 1.54) is 18.2 Å². The number of fused-ring (bicyclic) bond motifs is 1. The monoisotopic (exact) mass is 330 g/mol. The van der Waals surface area contributed by atoms with Gasteiger partial charge in [0.05, 0.1) is 0 Å². The molecule has 0 aliphatic carbocycles. The van der Waals surface area contributed by atoms with Gasteiger partial charge in [-0.2, -0.15) is 0 Å². The summed E-state index contributed by atoms with van der Waals surface area (Å²) in [5.41, 5.74) is 3.95. The van der Waals surface area contributed by atoms with Crippen LogP contribution < -0.4 is 5.32 Å². The number of para-hydroxylation sites is 1. The lowest BCUT2D eigenvalue weighted by atomic mass is 10.1. The maximum atomic E-state index is 13.3. The Morgan fingerprint density at radius 3 is 2.56 bits per heavy atom. The Balaban J connectivity index is 1.62. The maximum Gasteiger partial charge on any atom is 0.255 e. The molecule has 1 heterocycles. The van der Waals surface area contributed by atoms with Crippen LogP contribution >= 0.6 is 0 Å². The molecule has 0 saturated carbocycles. The molecule has 1 amide bonds. The number of halogens is 1. The fourth-order valence-corrected chi connectivity index (χ4v) is 2.83. The molecule has 0 radical (unpaired) electrons. The van der Waals surface area contributed by atoms with Crippen LogP contribution in [0.1, 0.15) is 10.4 Å². The van der Waals surface area contributed by atoms with Gasteiger partial charge in [-0.3, -0.25) is 4.79 Å². The fourth-order valence-electron chi connectivity index (χ4n) is 2.83. The number of amides is 1. The second-order valence-corrected chi connectivity index (χ2v) is 5.82. The van der Waals surface area contributed by atoms with Crippen molar-refractivity contribution in [2.24, 2.45) is 0 Å². The maximum absolute atomic E-state index is 13.3. The molecule has 25 heavy (non-hydrogen) atoms. The van der Waals surface area contributed by atoms with Crippen molar-refractivity contribution < 1.29 is 9.18 Å². The summed E-state index contributed by atoms with van der Waals surface area (Å²) in [5, 5.41) is 3.94. The third-order valence-electron chi connectivity index (χ3n) is 4.05. The van der Waals surface area contributed by atoms with Crippen LogP contribution in [0.25, 0.3) is 22.2 Å². The molecule has 0 bridgehead atoms. The first-order valence-electron chi connectivity index (χ1n) is 7.94. The largest absolute Gasteiger partial charge is 0.355 e. The van der Waals surface area contributed by atoms with Gasteiger partial charge in [0.25, 0.3) is 5.91 Å². The van der Waals surface area contributed by atoms with Crippen molar-refractivity contribution >= 4 is 22.5 Å². The zero-order valence-corrected chi connectivity index (χ0v) is 13.3. The first-order valence-corrected chi connectivity index (χ1v) is 7.94. The highest BCUT2D eigenvalue weighted by Crippen LogP contribution is 2.26. The van der Waals surface area contributed by atoms with Crippen LogP contribution in [0.3, 0.4) is 0 Å². The Bertz CT molecular complexity index is 1040. The Hall–Kier alpha value is -3.40. The number of carbonyl (C=O) groups excluding carboxylic acids is 1. The van der Waals surface area contributed by atoms with Crippen LogP contribution in [0, 0.1) is 5.82 Å². The van der Waals surface area contributed by atoms with Crippen LogP contribution in [-0.4, -0.2) is 10.9 Å². The molecule has 4 aromatic rings. The second-order valence-electron chi connectivity index (χ2n) is 5.82. The van der Waals surface area contributed by atoms with E-state index in [2.05, 4.69) is 16.4 Å². The van der Waals surface area contributed by atoms with Gasteiger partial charge in [0.15, 0.2) is 0 Å². The average Bonchev–Trinajstić information content (AvgIpc) is 3.06. The third kappa shape index (κ3) is 3.15. The highest BCUT2D eigenvalue weighted by atomic mass is 19.1. The lowest BCUT2D eigenvalue weighted by molar-refractivity contribution is 0.102. The van der Waals surface area contributed by atoms with Gasteiger partial charge in [0.2, 0.25) is 0 Å². The van der Waals surface area contributed by atoms with Gasteiger partial charge in [-0.1, -0.05) is 36.4 Å². The molecule has 0 unspecified atom stereocenters. The lowest BCUT2D eigenvalue weighted by Gasteiger charge is -2.07. The summed E-state index contributed by atoms with van der Waals surface area (Å²) < 4.78 is 13.3. The Labute approximate surface area is 144 Å². The van der Waals surface area contributed by atoms with Gasteiger partial charge < -0.3 is 10.3 Å². The number of hydrogen-bond acceptors (Lipinski definition) is 1. The Morgan fingerprint density at radius 2 is 1.72 bits per heavy atom. The van der Waals surface area contributed by atoms with Crippen molar-refractivity contribution in [3.05, 3.63) is 90.2 Å². The molecule has 3 aromatic carbocycles. The van der Waals surface area contributed by atoms with E-state index in [0.717, 1.165) is 22.2 Å². The predicted molar refractivity (Wildman–Crippen MR) is 98.1 cm³/mol. The molecule has 0 aliphatic heterocycles. The van der Waals surface area contributed by atoms with Crippen LogP contribution in [-0.2, 0) is 0 Å². The second kappa shape index (κ2) is 6.24. The van der Waals surface area contributed by atoms with Gasteiger partial charge >= 0.3 is 0 Å². The van der Waals surface area contributed by atoms with E-state index < -0.39 is 5.82 Å². The molecular formula is C21H15FN2O. The van der Waals surface area contributed by atoms with Crippen molar-refractivity contribution in [2.75, 3.05) is 5.32 Å². The van der Waals surface area contributed by atoms with E-state index in [1.54, 1.807) is 6.07 Å². The van der Waals surface area contributed by atoms with Gasteiger partial charge in [-0.05, 0) is 42.5 Å². The van der Waals surface area contributed by atoms with Gasteiger partial charge in [0.1, 0.15) is 5.82 Å². The summed E-state index contributed by atoms with van der Waals surface area (Å²) in [6.45, 7) is 0. The minimum Gasteiger partial charge on any atom is -0.355 e. The first kappa shape index (κ1) is 15.1. The normalized spacial score (nSPS) is 10.8. The van der Waals surface area contributed by atoms with E-state index in [9.17, 15) is 9.18 Å². The van der Waals surface area contributed by atoms with Crippen LogP contribution in [0.5, 0.6) is 0 Å². The molecule has 0 spiro atoms. The number of rotatable bonds is 3. The predicted octanol–water partition coefficient (Wildman–Crippen LogP) is 5.23. The number of H-pyrrole nitrogens is 1. The van der Waals surface area contributed by atoms with E-state index in [-0.39, 0.29) is 11.5 Å². The van der Waals surface area contributed by atoms with E-state index in [4.69, 9.17) is 0 Å². The van der Waals surface area contributed by atoms with Crippen molar-refractivity contribution in [3.63, 3.8) is 0 Å². The summed E-state index contributed by atoms with van der Waals surface area (Å²) in [5.74, 6) is -0.771. The summed E-state index contributed by atoms with van der Waals surface area (Å²) in [6.07, 6.45) is 0. The average molecular weight is 330 g/mol. The SMILES string of the molecule is O=C(Nc1cccc(-c2cc3ccccc3[nH]2)c1)c1cccc(F)c1. The Morgan fingerprint density at radius 1 is 0.880 bits per heavy atom. The number of anilines is 1. The van der Waals surface area contributed by atoms with Crippen molar-refractivity contribution in [3.8, 4) is 11.3 Å². The molecule has 3 nitrogen and oxygen atoms in total. The van der Waals surface area contributed by atoms with Crippen molar-refractivity contribution in [2.45, 2.75) is 0 Å². The topological polar surface area (TPSA) is 44.9 Å². The molecule has 122 valence electrons. The van der Waals surface area contributed by atoms with Crippen LogP contribution in [0.15, 0.2) is 78.9 Å². The van der Waals surface area contributed by atoms with Gasteiger partial charge in [-0.25, -0.2) is 4.39 Å². The third-order valence-corrected chi connectivity index (χ3v) is 4.05. The van der Waals surface area contributed by atoms with Crippen LogP contribution in [0.4, 0.5) is 10.1 Å². The number of carbonyl (C=O) groups is 1. The quantitative estimate of drug-likeness (QED) is 0.531. The smallest absolute Gasteiger partial charge is 0.255 e. The molecule has 4 heteroatoms. The number of aromatic nitrogens is 1. The number of hydrogen-bond donors (Lipinski definition) is 2. The van der Waals surface area contributed by atoms with Crippen molar-refractivity contribution in [1.82, 2.24) is 4.98 Å². The molecule has 0 saturated heterocycles. The number of benzene rings is 3. The highest BCUT2D eigenvalue weighted by Gasteiger charge is 2.08. The molecule has 0 fully saturated rings. The summed E-state index contributed by atoms with van der Waals surface area (Å²) in [6, 6.07) is 23.3. The molecule has 2 N–H and O–H groups in total. The number of aromatic amines is 1.